The van der Waals surface area contributed by atoms with Gasteiger partial charge in [0.25, 0.3) is 0 Å². The van der Waals surface area contributed by atoms with Crippen LogP contribution >= 0.6 is 0 Å². The molecule has 0 aliphatic carbocycles. The van der Waals surface area contributed by atoms with E-state index in [0.29, 0.717) is 0 Å². The summed E-state index contributed by atoms with van der Waals surface area (Å²) >= 11 is 0. The van der Waals surface area contributed by atoms with Crippen molar-refractivity contribution in [2.75, 3.05) is 13.1 Å². The number of aliphatic carboxylic acids is 1. The average molecular weight is 278 g/mol. The highest BCUT2D eigenvalue weighted by molar-refractivity contribution is 5.74. The van der Waals surface area contributed by atoms with Gasteiger partial charge in [-0.05, 0) is 12.5 Å². The van der Waals surface area contributed by atoms with Gasteiger partial charge in [-0.1, -0.05) is 30.3 Å². The van der Waals surface area contributed by atoms with Crippen molar-refractivity contribution >= 4 is 12.1 Å². The number of hydrogen-bond acceptors (Lipinski definition) is 3. The number of carboxylic acids is 1. The van der Waals surface area contributed by atoms with E-state index in [1.165, 1.54) is 0 Å². The molecular formula is C14H18N2O4. The number of benzene rings is 1. The molecule has 0 spiro atoms. The molecule has 1 amide bonds. The molecule has 3 atom stereocenters. The average Bonchev–Trinajstić information content (AvgIpc) is 2.84. The maximum atomic E-state index is 11.2. The molecule has 6 heteroatoms. The number of nitrogens with one attached hydrogen (secondary N) is 1. The predicted octanol–water partition coefficient (Wildman–Crippen LogP) is 1.40. The van der Waals surface area contributed by atoms with E-state index < -0.39 is 18.0 Å². The third-order valence-electron chi connectivity index (χ3n) is 3.67. The fourth-order valence-electron chi connectivity index (χ4n) is 2.54. The minimum atomic E-state index is -1.08. The summed E-state index contributed by atoms with van der Waals surface area (Å²) in [7, 11) is 0. The van der Waals surface area contributed by atoms with E-state index in [1.54, 1.807) is 0 Å². The summed E-state index contributed by atoms with van der Waals surface area (Å²) in [6.07, 6.45) is -1.08. The number of amides is 1. The number of carboxylic acid groups (broad SMARTS) is 2. The van der Waals surface area contributed by atoms with Gasteiger partial charge >= 0.3 is 12.1 Å². The summed E-state index contributed by atoms with van der Waals surface area (Å²) in [6.45, 7) is 2.17. The molecule has 20 heavy (non-hydrogen) atoms. The van der Waals surface area contributed by atoms with Crippen LogP contribution in [-0.2, 0) is 4.79 Å². The Morgan fingerprint density at radius 1 is 1.25 bits per heavy atom. The first-order valence-electron chi connectivity index (χ1n) is 6.50. The Morgan fingerprint density at radius 2 is 1.90 bits per heavy atom. The standard InChI is InChI=1S/C14H18N2O4/c1-9(10-5-3-2-4-6-10)15-12-8-16(14(19)20)7-11(12)13(17)18/h2-6,9,11-12,15H,7-8H2,1H3,(H,17,18)(H,19,20). The van der Waals surface area contributed by atoms with Crippen LogP contribution in [0.1, 0.15) is 18.5 Å². The lowest BCUT2D eigenvalue weighted by atomic mass is 10.0. The molecule has 1 aromatic rings. The van der Waals surface area contributed by atoms with Crippen LogP contribution in [0.4, 0.5) is 4.79 Å². The largest absolute Gasteiger partial charge is 0.481 e. The number of carbonyl (C=O) groups is 2. The molecule has 1 saturated heterocycles. The Hall–Kier alpha value is -2.08. The Labute approximate surface area is 117 Å². The minimum Gasteiger partial charge on any atom is -0.481 e. The molecule has 1 fully saturated rings. The van der Waals surface area contributed by atoms with Gasteiger partial charge in [0.1, 0.15) is 0 Å². The van der Waals surface area contributed by atoms with Crippen LogP contribution in [0.2, 0.25) is 0 Å². The van der Waals surface area contributed by atoms with E-state index in [4.69, 9.17) is 5.11 Å². The maximum absolute atomic E-state index is 11.2. The van der Waals surface area contributed by atoms with Crippen LogP contribution in [0.15, 0.2) is 30.3 Å². The van der Waals surface area contributed by atoms with Gasteiger partial charge in [-0.2, -0.15) is 0 Å². The first-order chi connectivity index (χ1) is 9.49. The number of hydrogen-bond donors (Lipinski definition) is 3. The first-order valence-corrected chi connectivity index (χ1v) is 6.50. The molecule has 2 rings (SSSR count). The molecule has 0 bridgehead atoms. The highest BCUT2D eigenvalue weighted by Crippen LogP contribution is 2.21. The third-order valence-corrected chi connectivity index (χ3v) is 3.67. The van der Waals surface area contributed by atoms with Gasteiger partial charge in [0.05, 0.1) is 5.92 Å². The maximum Gasteiger partial charge on any atom is 0.407 e. The van der Waals surface area contributed by atoms with Crippen molar-refractivity contribution in [3.63, 3.8) is 0 Å². The van der Waals surface area contributed by atoms with Crippen molar-refractivity contribution in [2.24, 2.45) is 5.92 Å². The fourth-order valence-corrected chi connectivity index (χ4v) is 2.54. The van der Waals surface area contributed by atoms with Gasteiger partial charge in [0.15, 0.2) is 0 Å². The van der Waals surface area contributed by atoms with Gasteiger partial charge in [0.2, 0.25) is 0 Å². The second-order valence-electron chi connectivity index (χ2n) is 5.04. The molecule has 108 valence electrons. The molecule has 6 nitrogen and oxygen atoms in total. The monoisotopic (exact) mass is 278 g/mol. The van der Waals surface area contributed by atoms with E-state index in [2.05, 4.69) is 5.32 Å². The van der Waals surface area contributed by atoms with Crippen molar-refractivity contribution < 1.29 is 19.8 Å². The molecule has 1 aliphatic heterocycles. The van der Waals surface area contributed by atoms with Gasteiger partial charge in [0, 0.05) is 25.2 Å². The zero-order valence-electron chi connectivity index (χ0n) is 11.2. The predicted molar refractivity (Wildman–Crippen MR) is 72.5 cm³/mol. The van der Waals surface area contributed by atoms with Crippen molar-refractivity contribution in [3.8, 4) is 0 Å². The van der Waals surface area contributed by atoms with E-state index in [0.717, 1.165) is 10.5 Å². The Kier molecular flexibility index (Phi) is 4.24. The quantitative estimate of drug-likeness (QED) is 0.774. The van der Waals surface area contributed by atoms with Gasteiger partial charge < -0.3 is 20.4 Å². The van der Waals surface area contributed by atoms with Crippen molar-refractivity contribution in [1.82, 2.24) is 10.2 Å². The van der Waals surface area contributed by atoms with E-state index in [-0.39, 0.29) is 25.2 Å². The molecule has 3 N–H and O–H groups in total. The summed E-state index contributed by atoms with van der Waals surface area (Å²) in [4.78, 5) is 23.4. The fraction of sp³-hybridized carbons (Fsp3) is 0.429. The number of likely N-dealkylation sites (tertiary alicyclic amines) is 1. The molecule has 3 unspecified atom stereocenters. The Balaban J connectivity index is 2.07. The first kappa shape index (κ1) is 14.3. The van der Waals surface area contributed by atoms with E-state index in [1.807, 2.05) is 37.3 Å². The Morgan fingerprint density at radius 3 is 2.45 bits per heavy atom. The molecule has 0 aromatic heterocycles. The van der Waals surface area contributed by atoms with Crippen molar-refractivity contribution in [3.05, 3.63) is 35.9 Å². The normalized spacial score (nSPS) is 23.6. The minimum absolute atomic E-state index is 0.0307. The summed E-state index contributed by atoms with van der Waals surface area (Å²) < 4.78 is 0. The summed E-state index contributed by atoms with van der Waals surface area (Å²) in [6, 6.07) is 9.25. The lowest BCUT2D eigenvalue weighted by molar-refractivity contribution is -0.141. The van der Waals surface area contributed by atoms with Crippen LogP contribution in [0, 0.1) is 5.92 Å². The molecule has 0 saturated carbocycles. The highest BCUT2D eigenvalue weighted by Gasteiger charge is 2.40. The lowest BCUT2D eigenvalue weighted by Gasteiger charge is -2.22. The summed E-state index contributed by atoms with van der Waals surface area (Å²) in [5, 5.41) is 21.4. The molecule has 1 aromatic carbocycles. The van der Waals surface area contributed by atoms with E-state index in [9.17, 15) is 14.7 Å². The highest BCUT2D eigenvalue weighted by atomic mass is 16.4. The summed E-state index contributed by atoms with van der Waals surface area (Å²) in [5.41, 5.74) is 1.05. The SMILES string of the molecule is CC(NC1CN(C(=O)O)CC1C(=O)O)c1ccccc1. The zero-order chi connectivity index (χ0) is 14.7. The topological polar surface area (TPSA) is 89.9 Å². The van der Waals surface area contributed by atoms with Crippen LogP contribution < -0.4 is 5.32 Å². The smallest absolute Gasteiger partial charge is 0.407 e. The number of nitrogens with zero attached hydrogens (tertiary/aromatic N) is 1. The third kappa shape index (κ3) is 3.08. The molecule has 0 radical (unpaired) electrons. The lowest BCUT2D eigenvalue weighted by Crippen LogP contribution is -2.41. The van der Waals surface area contributed by atoms with Gasteiger partial charge in [-0.3, -0.25) is 4.79 Å². The number of rotatable bonds is 4. The van der Waals surface area contributed by atoms with Crippen molar-refractivity contribution in [2.45, 2.75) is 19.0 Å². The van der Waals surface area contributed by atoms with E-state index >= 15 is 0 Å². The zero-order valence-corrected chi connectivity index (χ0v) is 11.2. The van der Waals surface area contributed by atoms with Crippen LogP contribution in [0.5, 0.6) is 0 Å². The second-order valence-corrected chi connectivity index (χ2v) is 5.04. The van der Waals surface area contributed by atoms with Crippen LogP contribution in [0.3, 0.4) is 0 Å². The molecule has 1 aliphatic rings. The Bertz CT molecular complexity index is 491. The second kappa shape index (κ2) is 5.92. The molecule has 1 heterocycles. The molecular weight excluding hydrogens is 260 g/mol. The van der Waals surface area contributed by atoms with Gasteiger partial charge in [-0.25, -0.2) is 4.79 Å². The van der Waals surface area contributed by atoms with Crippen molar-refractivity contribution in [1.29, 1.82) is 0 Å². The summed E-state index contributed by atoms with van der Waals surface area (Å²) in [5.74, 6) is -1.68. The van der Waals surface area contributed by atoms with Gasteiger partial charge in [-0.15, -0.1) is 0 Å². The van der Waals surface area contributed by atoms with Crippen LogP contribution in [0.25, 0.3) is 0 Å². The van der Waals surface area contributed by atoms with Crippen LogP contribution in [-0.4, -0.2) is 46.3 Å².